The van der Waals surface area contributed by atoms with Crippen LogP contribution in [0, 0.1) is 11.6 Å². The third-order valence-electron chi connectivity index (χ3n) is 1.92. The normalized spacial score (nSPS) is 9.60. The molecule has 0 fully saturated rings. The van der Waals surface area contributed by atoms with Gasteiger partial charge in [0.2, 0.25) is 6.08 Å². The highest BCUT2D eigenvalue weighted by atomic mass is 19.2. The summed E-state index contributed by atoms with van der Waals surface area (Å²) >= 11 is 0. The van der Waals surface area contributed by atoms with E-state index in [4.69, 9.17) is 0 Å². The Kier molecular flexibility index (Phi) is 3.52. The van der Waals surface area contributed by atoms with Gasteiger partial charge in [0.05, 0.1) is 6.54 Å². The monoisotopic (exact) mass is 212 g/mol. The van der Waals surface area contributed by atoms with Gasteiger partial charge in [-0.3, -0.25) is 0 Å². The molecule has 0 aliphatic rings. The van der Waals surface area contributed by atoms with Gasteiger partial charge < -0.3 is 4.90 Å². The van der Waals surface area contributed by atoms with Crippen molar-refractivity contribution in [2.45, 2.75) is 6.54 Å². The molecule has 1 aromatic carbocycles. The van der Waals surface area contributed by atoms with Crippen molar-refractivity contribution in [2.75, 3.05) is 19.0 Å². The van der Waals surface area contributed by atoms with Crippen LogP contribution in [-0.2, 0) is 11.3 Å². The third kappa shape index (κ3) is 2.60. The van der Waals surface area contributed by atoms with Crippen LogP contribution in [0.2, 0.25) is 0 Å². The second-order valence-corrected chi connectivity index (χ2v) is 3.20. The Morgan fingerprint density at radius 3 is 2.47 bits per heavy atom. The summed E-state index contributed by atoms with van der Waals surface area (Å²) in [5, 5.41) is 0. The molecular weight excluding hydrogens is 202 g/mol. The van der Waals surface area contributed by atoms with Gasteiger partial charge >= 0.3 is 0 Å². The van der Waals surface area contributed by atoms with E-state index in [1.54, 1.807) is 19.0 Å². The highest BCUT2D eigenvalue weighted by molar-refractivity contribution is 5.53. The SMILES string of the molecule is CN(C)c1cc(F)c(F)cc1CN=C=O. The predicted octanol–water partition coefficient (Wildman–Crippen LogP) is 1.87. The first-order valence-electron chi connectivity index (χ1n) is 4.25. The largest absolute Gasteiger partial charge is 0.377 e. The molecule has 0 heterocycles. The van der Waals surface area contributed by atoms with Crippen LogP contribution < -0.4 is 4.90 Å². The number of carbonyl (C=O) groups excluding carboxylic acids is 1. The lowest BCUT2D eigenvalue weighted by molar-refractivity contribution is 0.507. The Morgan fingerprint density at radius 2 is 1.93 bits per heavy atom. The molecule has 0 saturated heterocycles. The van der Waals surface area contributed by atoms with Crippen LogP contribution in [0.5, 0.6) is 0 Å². The number of hydrogen-bond donors (Lipinski definition) is 0. The molecule has 0 saturated carbocycles. The highest BCUT2D eigenvalue weighted by Crippen LogP contribution is 2.22. The van der Waals surface area contributed by atoms with E-state index in [1.807, 2.05) is 0 Å². The first-order chi connectivity index (χ1) is 7.06. The number of hydrogen-bond acceptors (Lipinski definition) is 3. The molecule has 0 unspecified atom stereocenters. The number of anilines is 1. The van der Waals surface area contributed by atoms with E-state index in [1.165, 1.54) is 6.08 Å². The lowest BCUT2D eigenvalue weighted by Gasteiger charge is -2.16. The summed E-state index contributed by atoms with van der Waals surface area (Å²) < 4.78 is 25.8. The van der Waals surface area contributed by atoms with Crippen LogP contribution in [0.1, 0.15) is 5.56 Å². The fourth-order valence-electron chi connectivity index (χ4n) is 1.24. The Hall–Kier alpha value is -1.74. The first-order valence-corrected chi connectivity index (χ1v) is 4.25. The minimum atomic E-state index is -0.948. The van der Waals surface area contributed by atoms with E-state index in [0.29, 0.717) is 11.3 Å². The smallest absolute Gasteiger partial charge is 0.235 e. The molecule has 3 nitrogen and oxygen atoms in total. The van der Waals surface area contributed by atoms with Crippen LogP contribution in [0.15, 0.2) is 17.1 Å². The average Bonchev–Trinajstić information content (AvgIpc) is 2.19. The second kappa shape index (κ2) is 4.66. The first kappa shape index (κ1) is 11.3. The number of rotatable bonds is 3. The fraction of sp³-hybridized carbons (Fsp3) is 0.300. The van der Waals surface area contributed by atoms with Crippen molar-refractivity contribution in [1.29, 1.82) is 0 Å². The zero-order valence-electron chi connectivity index (χ0n) is 8.42. The molecule has 0 bridgehead atoms. The number of aliphatic imine (C=N–C) groups is 1. The number of benzene rings is 1. The second-order valence-electron chi connectivity index (χ2n) is 3.20. The quantitative estimate of drug-likeness (QED) is 0.566. The molecule has 0 aliphatic carbocycles. The van der Waals surface area contributed by atoms with Gasteiger partial charge in [0, 0.05) is 31.4 Å². The lowest BCUT2D eigenvalue weighted by Crippen LogP contribution is -2.12. The highest BCUT2D eigenvalue weighted by Gasteiger charge is 2.10. The van der Waals surface area contributed by atoms with Crippen LogP contribution in [0.3, 0.4) is 0 Å². The van der Waals surface area contributed by atoms with E-state index >= 15 is 0 Å². The lowest BCUT2D eigenvalue weighted by atomic mass is 10.1. The molecule has 1 rings (SSSR count). The molecule has 1 aromatic rings. The van der Waals surface area contributed by atoms with E-state index < -0.39 is 11.6 Å². The van der Waals surface area contributed by atoms with Gasteiger partial charge in [-0.15, -0.1) is 0 Å². The summed E-state index contributed by atoms with van der Waals surface area (Å²) in [5.74, 6) is -1.87. The van der Waals surface area contributed by atoms with Crippen molar-refractivity contribution in [3.8, 4) is 0 Å². The van der Waals surface area contributed by atoms with Crippen molar-refractivity contribution in [1.82, 2.24) is 0 Å². The molecule has 0 aromatic heterocycles. The zero-order chi connectivity index (χ0) is 11.4. The van der Waals surface area contributed by atoms with E-state index in [-0.39, 0.29) is 6.54 Å². The summed E-state index contributed by atoms with van der Waals surface area (Å²) in [5.41, 5.74) is 0.940. The summed E-state index contributed by atoms with van der Waals surface area (Å²) in [7, 11) is 3.39. The van der Waals surface area contributed by atoms with Gasteiger partial charge in [-0.25, -0.2) is 18.6 Å². The standard InChI is InChI=1S/C10H10F2N2O/c1-14(2)10-4-9(12)8(11)3-7(10)5-13-6-15/h3-4H,5H2,1-2H3. The van der Waals surface area contributed by atoms with Crippen LogP contribution in [-0.4, -0.2) is 20.2 Å². The Balaban J connectivity index is 3.21. The predicted molar refractivity (Wildman–Crippen MR) is 52.5 cm³/mol. The molecule has 0 radical (unpaired) electrons. The number of nitrogens with zero attached hydrogens (tertiary/aromatic N) is 2. The minimum Gasteiger partial charge on any atom is -0.377 e. The molecule has 80 valence electrons. The summed E-state index contributed by atoms with van der Waals surface area (Å²) in [6.45, 7) is -0.00574. The van der Waals surface area contributed by atoms with Crippen molar-refractivity contribution < 1.29 is 13.6 Å². The van der Waals surface area contributed by atoms with Crippen LogP contribution in [0.4, 0.5) is 14.5 Å². The van der Waals surface area contributed by atoms with Gasteiger partial charge in [0.15, 0.2) is 11.6 Å². The Morgan fingerprint density at radius 1 is 1.33 bits per heavy atom. The summed E-state index contributed by atoms with van der Waals surface area (Å²) in [4.78, 5) is 14.9. The van der Waals surface area contributed by atoms with Crippen LogP contribution >= 0.6 is 0 Å². The Labute approximate surface area is 86.0 Å². The molecule has 0 N–H and O–H groups in total. The average molecular weight is 212 g/mol. The van der Waals surface area contributed by atoms with Gasteiger partial charge in [0.1, 0.15) is 0 Å². The van der Waals surface area contributed by atoms with Crippen molar-refractivity contribution in [3.63, 3.8) is 0 Å². The maximum atomic E-state index is 12.9. The van der Waals surface area contributed by atoms with Gasteiger partial charge in [-0.2, -0.15) is 0 Å². The van der Waals surface area contributed by atoms with Gasteiger partial charge in [-0.1, -0.05) is 0 Å². The minimum absolute atomic E-state index is 0.00574. The maximum absolute atomic E-state index is 12.9. The summed E-state index contributed by atoms with van der Waals surface area (Å²) in [6, 6.07) is 2.11. The maximum Gasteiger partial charge on any atom is 0.235 e. The Bertz CT molecular complexity index is 412. The molecule has 0 atom stereocenters. The third-order valence-corrected chi connectivity index (χ3v) is 1.92. The molecule has 5 heteroatoms. The molecule has 15 heavy (non-hydrogen) atoms. The van der Waals surface area contributed by atoms with Crippen LogP contribution in [0.25, 0.3) is 0 Å². The summed E-state index contributed by atoms with van der Waals surface area (Å²) in [6.07, 6.45) is 1.36. The van der Waals surface area contributed by atoms with Gasteiger partial charge in [-0.05, 0) is 6.07 Å². The molecule has 0 spiro atoms. The number of halogens is 2. The molecular formula is C10H10F2N2O. The molecule has 0 aliphatic heterocycles. The zero-order valence-corrected chi connectivity index (χ0v) is 8.42. The number of isocyanates is 1. The van der Waals surface area contributed by atoms with E-state index in [9.17, 15) is 13.6 Å². The van der Waals surface area contributed by atoms with E-state index in [2.05, 4.69) is 4.99 Å². The van der Waals surface area contributed by atoms with Crippen molar-refractivity contribution in [2.24, 2.45) is 4.99 Å². The topological polar surface area (TPSA) is 32.7 Å². The van der Waals surface area contributed by atoms with Gasteiger partial charge in [0.25, 0.3) is 0 Å². The fourth-order valence-corrected chi connectivity index (χ4v) is 1.24. The molecule has 0 amide bonds. The van der Waals surface area contributed by atoms with Crippen molar-refractivity contribution in [3.05, 3.63) is 29.3 Å². The van der Waals surface area contributed by atoms with Crippen molar-refractivity contribution >= 4 is 11.8 Å². The van der Waals surface area contributed by atoms with E-state index in [0.717, 1.165) is 12.1 Å².